The van der Waals surface area contributed by atoms with Gasteiger partial charge in [-0.15, -0.1) is 0 Å². The normalized spacial score (nSPS) is 16.2. The van der Waals surface area contributed by atoms with Gasteiger partial charge in [-0.25, -0.2) is 0 Å². The van der Waals surface area contributed by atoms with Crippen molar-refractivity contribution in [3.63, 3.8) is 0 Å². The molecule has 0 saturated carbocycles. The molecule has 1 heterocycles. The van der Waals surface area contributed by atoms with Crippen LogP contribution in [-0.4, -0.2) is 63.5 Å². The maximum absolute atomic E-state index is 12.5. The van der Waals surface area contributed by atoms with Gasteiger partial charge in [0, 0.05) is 23.0 Å². The van der Waals surface area contributed by atoms with Crippen LogP contribution in [0.3, 0.4) is 0 Å². The summed E-state index contributed by atoms with van der Waals surface area (Å²) in [5.41, 5.74) is 9.14. The lowest BCUT2D eigenvalue weighted by Crippen LogP contribution is -2.31. The number of likely N-dealkylation sites (tertiary alicyclic amines) is 1. The summed E-state index contributed by atoms with van der Waals surface area (Å²) in [4.78, 5) is 17.1. The molecule has 1 aliphatic heterocycles. The molecule has 1 fully saturated rings. The predicted octanol–water partition coefficient (Wildman–Crippen LogP) is 3.75. The second-order valence-electron chi connectivity index (χ2n) is 6.31. The molecule has 0 bridgehead atoms. The van der Waals surface area contributed by atoms with Gasteiger partial charge in [0.1, 0.15) is 0 Å². The van der Waals surface area contributed by atoms with E-state index in [1.54, 1.807) is 0 Å². The molecule has 0 radical (unpaired) electrons. The molecular weight excluding hydrogens is 384 g/mol. The van der Waals surface area contributed by atoms with Gasteiger partial charge in [-0.05, 0) is 30.0 Å². The highest BCUT2D eigenvalue weighted by Crippen LogP contribution is 2.35. The van der Waals surface area contributed by atoms with Crippen molar-refractivity contribution in [1.82, 2.24) is 4.90 Å². The minimum atomic E-state index is 0.0587. The third kappa shape index (κ3) is 7.66. The van der Waals surface area contributed by atoms with Crippen molar-refractivity contribution in [2.75, 3.05) is 52.7 Å². The van der Waals surface area contributed by atoms with E-state index in [1.165, 1.54) is 0 Å². The number of amides is 1. The zero-order valence-electron chi connectivity index (χ0n) is 16.0. The monoisotopic (exact) mass is 410 g/mol. The Morgan fingerprint density at radius 1 is 1.14 bits per heavy atom. The predicted molar refractivity (Wildman–Crippen MR) is 106 cm³/mol. The molecule has 1 atom stereocenters. The molecule has 28 heavy (non-hydrogen) atoms. The summed E-state index contributed by atoms with van der Waals surface area (Å²) in [7, 11) is 0. The molecule has 0 N–H and O–H groups in total. The Morgan fingerprint density at radius 3 is 2.54 bits per heavy atom. The number of hydrogen-bond acceptors (Lipinski definition) is 5. The first kappa shape index (κ1) is 22.5. The molecule has 1 aliphatic rings. The van der Waals surface area contributed by atoms with Crippen molar-refractivity contribution in [3.05, 3.63) is 45.3 Å². The van der Waals surface area contributed by atoms with Gasteiger partial charge in [-0.3, -0.25) is 4.79 Å². The quantitative estimate of drug-likeness (QED) is 0.214. The average Bonchev–Trinajstić information content (AvgIpc) is 3.18. The van der Waals surface area contributed by atoms with Crippen LogP contribution in [0.15, 0.2) is 29.4 Å². The zero-order chi connectivity index (χ0) is 20.0. The molecule has 0 aromatic heterocycles. The Bertz CT molecular complexity index is 655. The lowest BCUT2D eigenvalue weighted by Gasteiger charge is -2.26. The fourth-order valence-electron chi connectivity index (χ4n) is 3.13. The summed E-state index contributed by atoms with van der Waals surface area (Å²) in [6, 6.07) is 7.78. The van der Waals surface area contributed by atoms with E-state index >= 15 is 0 Å². The smallest absolute Gasteiger partial charge is 0.225 e. The molecule has 0 spiro atoms. The van der Waals surface area contributed by atoms with Crippen molar-refractivity contribution in [2.45, 2.75) is 25.3 Å². The second kappa shape index (κ2) is 13.4. The first-order valence-electron chi connectivity index (χ1n) is 9.52. The van der Waals surface area contributed by atoms with Crippen LogP contribution in [0, 0.1) is 0 Å². The third-order valence-electron chi connectivity index (χ3n) is 4.44. The Hall–Kier alpha value is -1.83. The van der Waals surface area contributed by atoms with Crippen LogP contribution in [-0.2, 0) is 19.0 Å². The molecule has 1 saturated heterocycles. The molecule has 154 valence electrons. The summed E-state index contributed by atoms with van der Waals surface area (Å²) in [5.74, 6) is 0.0942. The van der Waals surface area contributed by atoms with Crippen molar-refractivity contribution in [2.24, 2.45) is 5.11 Å². The van der Waals surface area contributed by atoms with Gasteiger partial charge in [0.15, 0.2) is 0 Å². The first-order valence-corrected chi connectivity index (χ1v) is 9.90. The number of halogens is 1. The highest BCUT2D eigenvalue weighted by atomic mass is 35.5. The minimum absolute atomic E-state index is 0.0587. The van der Waals surface area contributed by atoms with Gasteiger partial charge in [0.05, 0.1) is 52.1 Å². The van der Waals surface area contributed by atoms with Gasteiger partial charge in [-0.1, -0.05) is 34.9 Å². The molecular formula is C19H27ClN4O4. The number of nitrogens with zero attached hydrogens (tertiary/aromatic N) is 4. The minimum Gasteiger partial charge on any atom is -0.379 e. The third-order valence-corrected chi connectivity index (χ3v) is 4.78. The lowest BCUT2D eigenvalue weighted by atomic mass is 10.0. The van der Waals surface area contributed by atoms with E-state index in [-0.39, 0.29) is 11.9 Å². The number of ether oxygens (including phenoxy) is 3. The van der Waals surface area contributed by atoms with Crippen LogP contribution in [0.5, 0.6) is 0 Å². The van der Waals surface area contributed by atoms with Crippen molar-refractivity contribution < 1.29 is 19.0 Å². The van der Waals surface area contributed by atoms with Crippen molar-refractivity contribution >= 4 is 17.5 Å². The molecule has 1 aromatic rings. The average molecular weight is 411 g/mol. The fraction of sp³-hybridized carbons (Fsp3) is 0.632. The molecule has 1 amide bonds. The summed E-state index contributed by atoms with van der Waals surface area (Å²) in [6.07, 6.45) is 2.28. The standard InChI is InChI=1S/C19H27ClN4O4/c20-17-5-2-1-4-16(17)18-6-3-9-24(18)19(25)7-10-26-12-14-28-15-13-27-11-8-22-23-21/h1-2,4-5,18H,3,6-15H2. The van der Waals surface area contributed by atoms with Gasteiger partial charge < -0.3 is 19.1 Å². The highest BCUT2D eigenvalue weighted by molar-refractivity contribution is 6.31. The number of rotatable bonds is 13. The summed E-state index contributed by atoms with van der Waals surface area (Å²) < 4.78 is 16.1. The fourth-order valence-corrected chi connectivity index (χ4v) is 3.39. The number of hydrogen-bond donors (Lipinski definition) is 0. The van der Waals surface area contributed by atoms with E-state index in [9.17, 15) is 4.79 Å². The number of azide groups is 1. The van der Waals surface area contributed by atoms with Crippen molar-refractivity contribution in [3.8, 4) is 0 Å². The second-order valence-corrected chi connectivity index (χ2v) is 6.72. The summed E-state index contributed by atoms with van der Waals surface area (Å²) >= 11 is 6.30. The van der Waals surface area contributed by atoms with E-state index in [1.807, 2.05) is 29.2 Å². The van der Waals surface area contributed by atoms with E-state index in [0.29, 0.717) is 57.6 Å². The van der Waals surface area contributed by atoms with Crippen LogP contribution < -0.4 is 0 Å². The van der Waals surface area contributed by atoms with Crippen LogP contribution >= 0.6 is 11.6 Å². The number of benzene rings is 1. The van der Waals surface area contributed by atoms with Crippen LogP contribution in [0.4, 0.5) is 0 Å². The largest absolute Gasteiger partial charge is 0.379 e. The van der Waals surface area contributed by atoms with Gasteiger partial charge in [0.25, 0.3) is 0 Å². The van der Waals surface area contributed by atoms with Crippen LogP contribution in [0.25, 0.3) is 10.4 Å². The first-order chi connectivity index (χ1) is 13.7. The zero-order valence-corrected chi connectivity index (χ0v) is 16.7. The Balaban J connectivity index is 1.55. The molecule has 8 nitrogen and oxygen atoms in total. The van der Waals surface area contributed by atoms with Crippen LogP contribution in [0.2, 0.25) is 5.02 Å². The van der Waals surface area contributed by atoms with E-state index in [0.717, 1.165) is 24.9 Å². The summed E-state index contributed by atoms with van der Waals surface area (Å²) in [5, 5.41) is 4.08. The Kier molecular flexibility index (Phi) is 10.7. The van der Waals surface area contributed by atoms with Crippen LogP contribution in [0.1, 0.15) is 30.9 Å². The van der Waals surface area contributed by atoms with E-state index < -0.39 is 0 Å². The highest BCUT2D eigenvalue weighted by Gasteiger charge is 2.30. The molecule has 2 rings (SSSR count). The number of carbonyl (C=O) groups excluding carboxylic acids is 1. The van der Waals surface area contributed by atoms with Gasteiger partial charge in [-0.2, -0.15) is 0 Å². The van der Waals surface area contributed by atoms with E-state index in [2.05, 4.69) is 10.0 Å². The summed E-state index contributed by atoms with van der Waals surface area (Å²) in [6.45, 7) is 3.61. The van der Waals surface area contributed by atoms with Gasteiger partial charge >= 0.3 is 0 Å². The number of carbonyl (C=O) groups is 1. The molecule has 1 aromatic carbocycles. The maximum Gasteiger partial charge on any atom is 0.225 e. The molecule has 0 aliphatic carbocycles. The van der Waals surface area contributed by atoms with E-state index in [4.69, 9.17) is 31.3 Å². The molecule has 9 heteroatoms. The van der Waals surface area contributed by atoms with Gasteiger partial charge in [0.2, 0.25) is 5.91 Å². The SMILES string of the molecule is [N-]=[N+]=NCCOCCOCCOCCC(=O)N1CCCC1c1ccccc1Cl. The Labute approximate surface area is 170 Å². The lowest BCUT2D eigenvalue weighted by molar-refractivity contribution is -0.133. The maximum atomic E-state index is 12.5. The topological polar surface area (TPSA) is 96.8 Å². The molecule has 1 unspecified atom stereocenters. The Morgan fingerprint density at radius 2 is 1.82 bits per heavy atom. The van der Waals surface area contributed by atoms with Crippen molar-refractivity contribution in [1.29, 1.82) is 0 Å².